The third-order valence-corrected chi connectivity index (χ3v) is 6.99. The molecule has 2 fully saturated rings. The van der Waals surface area contributed by atoms with E-state index in [1.165, 1.54) is 19.3 Å². The van der Waals surface area contributed by atoms with Crippen molar-refractivity contribution in [3.05, 3.63) is 0 Å². The lowest BCUT2D eigenvalue weighted by atomic mass is 9.70. The number of rotatable bonds is 7. The summed E-state index contributed by atoms with van der Waals surface area (Å²) in [4.78, 5) is 0. The number of hydrogen-bond donors (Lipinski definition) is 2. The van der Waals surface area contributed by atoms with E-state index in [2.05, 4.69) is 60.7 Å². The van der Waals surface area contributed by atoms with Crippen LogP contribution in [-0.2, 0) is 4.74 Å². The zero-order valence-corrected chi connectivity index (χ0v) is 17.3. The Kier molecular flexibility index (Phi) is 5.52. The maximum atomic E-state index is 10.4. The van der Waals surface area contributed by atoms with Crippen LogP contribution in [0.4, 0.5) is 0 Å². The van der Waals surface area contributed by atoms with Gasteiger partial charge in [-0.25, -0.2) is 0 Å². The van der Waals surface area contributed by atoms with Gasteiger partial charge in [-0.2, -0.15) is 0 Å². The van der Waals surface area contributed by atoms with E-state index in [4.69, 9.17) is 4.74 Å². The van der Waals surface area contributed by atoms with E-state index >= 15 is 0 Å². The van der Waals surface area contributed by atoms with Gasteiger partial charge in [-0.1, -0.05) is 41.5 Å². The first kappa shape index (κ1) is 20.2. The van der Waals surface area contributed by atoms with Crippen LogP contribution in [0.15, 0.2) is 0 Å². The highest BCUT2D eigenvalue weighted by atomic mass is 16.5. The van der Waals surface area contributed by atoms with Gasteiger partial charge in [0.2, 0.25) is 0 Å². The Bertz CT molecular complexity index is 438. The van der Waals surface area contributed by atoms with Crippen molar-refractivity contribution < 1.29 is 9.84 Å². The lowest BCUT2D eigenvalue weighted by Gasteiger charge is -2.39. The van der Waals surface area contributed by atoms with Crippen molar-refractivity contribution in [3.63, 3.8) is 0 Å². The number of aliphatic hydroxyl groups excluding tert-OH is 1. The highest BCUT2D eigenvalue weighted by Crippen LogP contribution is 2.66. The summed E-state index contributed by atoms with van der Waals surface area (Å²) in [6, 6.07) is 0. The van der Waals surface area contributed by atoms with Gasteiger partial charge in [0.15, 0.2) is 0 Å². The third-order valence-electron chi connectivity index (χ3n) is 6.99. The van der Waals surface area contributed by atoms with Crippen LogP contribution in [0.25, 0.3) is 0 Å². The summed E-state index contributed by atoms with van der Waals surface area (Å²) in [7, 11) is 0. The maximum Gasteiger partial charge on any atom is 0.0898 e. The summed E-state index contributed by atoms with van der Waals surface area (Å²) < 4.78 is 6.21. The highest BCUT2D eigenvalue weighted by molar-refractivity contribution is 5.11. The topological polar surface area (TPSA) is 41.5 Å². The molecule has 2 bridgehead atoms. The molecule has 142 valence electrons. The van der Waals surface area contributed by atoms with Gasteiger partial charge in [-0.05, 0) is 61.7 Å². The van der Waals surface area contributed by atoms with Crippen LogP contribution in [0.1, 0.15) is 81.1 Å². The number of nitrogens with one attached hydrogen (secondary N) is 1. The van der Waals surface area contributed by atoms with Crippen molar-refractivity contribution in [2.24, 2.45) is 22.2 Å². The molecule has 2 aliphatic carbocycles. The Morgan fingerprint density at radius 2 is 1.79 bits per heavy atom. The Hall–Kier alpha value is -0.120. The molecule has 2 N–H and O–H groups in total. The molecule has 0 aromatic carbocycles. The average molecular weight is 340 g/mol. The second-order valence-electron chi connectivity index (χ2n) is 11.1. The molecule has 2 aliphatic rings. The minimum atomic E-state index is -0.435. The Labute approximate surface area is 149 Å². The number of aliphatic hydroxyl groups is 1. The van der Waals surface area contributed by atoms with Crippen LogP contribution in [-0.4, -0.2) is 36.0 Å². The van der Waals surface area contributed by atoms with Gasteiger partial charge in [0, 0.05) is 12.1 Å². The Balaban J connectivity index is 1.78. The van der Waals surface area contributed by atoms with Crippen molar-refractivity contribution in [1.82, 2.24) is 5.32 Å². The normalized spacial score (nSPS) is 33.9. The summed E-state index contributed by atoms with van der Waals surface area (Å²) in [6.07, 6.45) is 4.72. The van der Waals surface area contributed by atoms with Gasteiger partial charge < -0.3 is 15.2 Å². The second kappa shape index (κ2) is 6.55. The van der Waals surface area contributed by atoms with Crippen LogP contribution >= 0.6 is 0 Å². The van der Waals surface area contributed by atoms with Crippen LogP contribution in [0.2, 0.25) is 0 Å². The number of hydrogen-bond acceptors (Lipinski definition) is 3. The quantitative estimate of drug-likeness (QED) is 0.723. The Morgan fingerprint density at radius 3 is 2.25 bits per heavy atom. The van der Waals surface area contributed by atoms with Crippen LogP contribution < -0.4 is 5.32 Å². The first-order valence-corrected chi connectivity index (χ1v) is 9.82. The molecule has 0 heterocycles. The van der Waals surface area contributed by atoms with Gasteiger partial charge in [-0.3, -0.25) is 0 Å². The summed E-state index contributed by atoms with van der Waals surface area (Å²) in [5.41, 5.74) is 0.951. The zero-order chi connectivity index (χ0) is 18.4. The van der Waals surface area contributed by atoms with E-state index in [-0.39, 0.29) is 16.4 Å². The third kappa shape index (κ3) is 4.16. The van der Waals surface area contributed by atoms with Crippen molar-refractivity contribution in [2.75, 3.05) is 13.2 Å². The van der Waals surface area contributed by atoms with Crippen molar-refractivity contribution in [3.8, 4) is 0 Å². The minimum Gasteiger partial charge on any atom is -0.389 e. The van der Waals surface area contributed by atoms with Crippen LogP contribution in [0.3, 0.4) is 0 Å². The summed E-state index contributed by atoms with van der Waals surface area (Å²) in [6.45, 7) is 19.4. The molecule has 0 radical (unpaired) electrons. The minimum absolute atomic E-state index is 0.0274. The largest absolute Gasteiger partial charge is 0.389 e. The summed E-state index contributed by atoms with van der Waals surface area (Å²) in [5, 5.41) is 13.9. The lowest BCUT2D eigenvalue weighted by molar-refractivity contribution is -0.0750. The van der Waals surface area contributed by atoms with Crippen molar-refractivity contribution in [2.45, 2.75) is 98.8 Å². The molecular formula is C21H41NO2. The van der Waals surface area contributed by atoms with E-state index in [1.807, 2.05) is 0 Å². The van der Waals surface area contributed by atoms with Gasteiger partial charge >= 0.3 is 0 Å². The standard InChI is InChI=1S/C21H41NO2/c1-18(2,3)14-19(4,5)22-12-16(23)13-24-17-11-15-9-10-21(17,8)20(15,6)7/h15-17,22-23H,9-14H2,1-8H3/t15-,16-,17-,21-/m1/s1. The van der Waals surface area contributed by atoms with Gasteiger partial charge in [-0.15, -0.1) is 0 Å². The fourth-order valence-corrected chi connectivity index (χ4v) is 5.45. The van der Waals surface area contributed by atoms with Gasteiger partial charge in [0.1, 0.15) is 0 Å². The fourth-order valence-electron chi connectivity index (χ4n) is 5.45. The summed E-state index contributed by atoms with van der Waals surface area (Å²) in [5.74, 6) is 0.786. The van der Waals surface area contributed by atoms with E-state index in [0.29, 0.717) is 24.7 Å². The molecule has 0 aromatic heterocycles. The van der Waals surface area contributed by atoms with Crippen molar-refractivity contribution >= 4 is 0 Å². The number of β-amino-alcohol motifs (C(OH)–C–C–N with tert-alkyl or cyclic N) is 1. The molecule has 0 amide bonds. The molecule has 0 aliphatic heterocycles. The van der Waals surface area contributed by atoms with E-state index in [1.54, 1.807) is 0 Å². The summed E-state index contributed by atoms with van der Waals surface area (Å²) >= 11 is 0. The molecule has 3 heteroatoms. The molecule has 0 unspecified atom stereocenters. The first-order valence-electron chi connectivity index (χ1n) is 9.82. The van der Waals surface area contributed by atoms with Gasteiger partial charge in [0.25, 0.3) is 0 Å². The van der Waals surface area contributed by atoms with E-state index in [9.17, 15) is 5.11 Å². The van der Waals surface area contributed by atoms with E-state index < -0.39 is 6.10 Å². The fraction of sp³-hybridized carbons (Fsp3) is 1.00. The molecule has 24 heavy (non-hydrogen) atoms. The molecule has 2 saturated carbocycles. The number of fused-ring (bicyclic) bond motifs is 2. The molecule has 4 atom stereocenters. The van der Waals surface area contributed by atoms with Crippen LogP contribution in [0, 0.1) is 22.2 Å². The monoisotopic (exact) mass is 339 g/mol. The molecule has 0 aromatic rings. The molecule has 0 saturated heterocycles. The number of ether oxygens (including phenoxy) is 1. The smallest absolute Gasteiger partial charge is 0.0898 e. The predicted molar refractivity (Wildman–Crippen MR) is 101 cm³/mol. The van der Waals surface area contributed by atoms with E-state index in [0.717, 1.165) is 12.3 Å². The SMILES string of the molecule is CC(C)(C)CC(C)(C)NC[C@@H](O)CO[C@@H]1C[C@H]2CC[C@@]1(C)C2(C)C. The lowest BCUT2D eigenvalue weighted by Crippen LogP contribution is -2.47. The average Bonchev–Trinajstić information content (AvgIpc) is 2.73. The molecule has 0 spiro atoms. The van der Waals surface area contributed by atoms with Crippen LogP contribution in [0.5, 0.6) is 0 Å². The molecule has 3 nitrogen and oxygen atoms in total. The Morgan fingerprint density at radius 1 is 1.17 bits per heavy atom. The molecule has 2 rings (SSSR count). The zero-order valence-electron chi connectivity index (χ0n) is 17.3. The molecular weight excluding hydrogens is 298 g/mol. The second-order valence-corrected chi connectivity index (χ2v) is 11.1. The van der Waals surface area contributed by atoms with Crippen molar-refractivity contribution in [1.29, 1.82) is 0 Å². The first-order chi connectivity index (χ1) is 10.8. The van der Waals surface area contributed by atoms with Gasteiger partial charge in [0.05, 0.1) is 18.8 Å². The highest BCUT2D eigenvalue weighted by Gasteiger charge is 2.61. The maximum absolute atomic E-state index is 10.4. The predicted octanol–water partition coefficient (Wildman–Crippen LogP) is 4.38.